The maximum absolute atomic E-state index is 11.4. The maximum Gasteiger partial charge on any atom is 0.150 e. The lowest BCUT2D eigenvalue weighted by molar-refractivity contribution is 0.191. The number of aliphatic hydroxyl groups excluding tert-OH is 1. The third kappa shape index (κ3) is 4.63. The summed E-state index contributed by atoms with van der Waals surface area (Å²) in [7, 11) is -3.24. The molecule has 8 heteroatoms. The number of benzene rings is 1. The van der Waals surface area contributed by atoms with Gasteiger partial charge < -0.3 is 5.11 Å². The molecule has 0 saturated heterocycles. The summed E-state index contributed by atoms with van der Waals surface area (Å²) in [6, 6.07) is 10.2. The zero-order valence-corrected chi connectivity index (χ0v) is 16.1. The van der Waals surface area contributed by atoms with Crippen molar-refractivity contribution < 1.29 is 13.5 Å². The van der Waals surface area contributed by atoms with Crippen molar-refractivity contribution in [1.29, 1.82) is 0 Å². The molecule has 2 heterocycles. The Balaban J connectivity index is 1.71. The van der Waals surface area contributed by atoms with E-state index in [0.29, 0.717) is 5.69 Å². The molecule has 0 fully saturated rings. The Morgan fingerprint density at radius 2 is 2.08 bits per heavy atom. The SMILES string of the molecule is CSc1ccccc1CN1CCn2nc(C(O)CS(C)(=O)=O)cc2C1. The van der Waals surface area contributed by atoms with Crippen LogP contribution < -0.4 is 0 Å². The number of thioether (sulfide) groups is 1. The number of hydrogen-bond donors (Lipinski definition) is 1. The summed E-state index contributed by atoms with van der Waals surface area (Å²) in [5, 5.41) is 14.5. The summed E-state index contributed by atoms with van der Waals surface area (Å²) in [5.74, 6) is -0.297. The van der Waals surface area contributed by atoms with Gasteiger partial charge in [0.15, 0.2) is 0 Å². The van der Waals surface area contributed by atoms with Crippen LogP contribution in [-0.4, -0.2) is 53.0 Å². The largest absolute Gasteiger partial charge is 0.386 e. The highest BCUT2D eigenvalue weighted by molar-refractivity contribution is 7.98. The first-order valence-corrected chi connectivity index (χ1v) is 11.4. The second kappa shape index (κ2) is 7.49. The standard InChI is InChI=1S/C17H23N3O3S2/c1-24-17-6-4-3-5-13(17)10-19-7-8-20-14(11-19)9-15(18-20)16(21)12-25(2,22)23/h3-6,9,16,21H,7-8,10-12H2,1-2H3. The van der Waals surface area contributed by atoms with Gasteiger partial charge in [0.2, 0.25) is 0 Å². The van der Waals surface area contributed by atoms with Crippen LogP contribution in [0.15, 0.2) is 35.2 Å². The van der Waals surface area contributed by atoms with Crippen molar-refractivity contribution in [3.05, 3.63) is 47.3 Å². The third-order valence-electron chi connectivity index (χ3n) is 4.28. The van der Waals surface area contributed by atoms with Gasteiger partial charge in [-0.05, 0) is 24.0 Å². The Bertz CT molecular complexity index is 849. The van der Waals surface area contributed by atoms with Crippen LogP contribution in [-0.2, 0) is 29.5 Å². The van der Waals surface area contributed by atoms with Crippen LogP contribution in [0.5, 0.6) is 0 Å². The van der Waals surface area contributed by atoms with Crippen molar-refractivity contribution >= 4 is 21.6 Å². The van der Waals surface area contributed by atoms with E-state index in [-0.39, 0.29) is 5.75 Å². The lowest BCUT2D eigenvalue weighted by atomic mass is 10.2. The van der Waals surface area contributed by atoms with Crippen LogP contribution >= 0.6 is 11.8 Å². The van der Waals surface area contributed by atoms with Gasteiger partial charge in [0.1, 0.15) is 15.9 Å². The second-order valence-corrected chi connectivity index (χ2v) is 9.45. The van der Waals surface area contributed by atoms with Crippen LogP contribution in [0.1, 0.15) is 23.1 Å². The smallest absolute Gasteiger partial charge is 0.150 e. The van der Waals surface area contributed by atoms with E-state index in [1.807, 2.05) is 10.7 Å². The molecule has 0 aliphatic carbocycles. The summed E-state index contributed by atoms with van der Waals surface area (Å²) in [4.78, 5) is 3.63. The van der Waals surface area contributed by atoms with Gasteiger partial charge in [-0.2, -0.15) is 5.10 Å². The highest BCUT2D eigenvalue weighted by Crippen LogP contribution is 2.24. The maximum atomic E-state index is 11.4. The van der Waals surface area contributed by atoms with Crippen molar-refractivity contribution in [3.8, 4) is 0 Å². The van der Waals surface area contributed by atoms with E-state index in [1.54, 1.807) is 11.8 Å². The summed E-state index contributed by atoms with van der Waals surface area (Å²) < 4.78 is 24.6. The highest BCUT2D eigenvalue weighted by Gasteiger charge is 2.23. The normalized spacial score (nSPS) is 16.6. The van der Waals surface area contributed by atoms with Crippen molar-refractivity contribution in [2.75, 3.05) is 24.8 Å². The molecular weight excluding hydrogens is 358 g/mol. The van der Waals surface area contributed by atoms with Gasteiger partial charge >= 0.3 is 0 Å². The fourth-order valence-corrected chi connectivity index (χ4v) is 4.44. The van der Waals surface area contributed by atoms with Crippen LogP contribution in [0.3, 0.4) is 0 Å². The van der Waals surface area contributed by atoms with E-state index in [4.69, 9.17) is 0 Å². The molecule has 0 saturated carbocycles. The number of aliphatic hydroxyl groups is 1. The Kier molecular flexibility index (Phi) is 5.52. The lowest BCUT2D eigenvalue weighted by Crippen LogP contribution is -2.33. The van der Waals surface area contributed by atoms with Crippen LogP contribution in [0.25, 0.3) is 0 Å². The zero-order valence-electron chi connectivity index (χ0n) is 14.4. The second-order valence-electron chi connectivity index (χ2n) is 6.41. The molecule has 1 aromatic heterocycles. The molecule has 1 unspecified atom stereocenters. The minimum atomic E-state index is -3.24. The molecule has 1 aromatic carbocycles. The molecule has 1 aliphatic heterocycles. The first-order chi connectivity index (χ1) is 11.9. The molecule has 1 atom stereocenters. The minimum absolute atomic E-state index is 0.297. The van der Waals surface area contributed by atoms with E-state index < -0.39 is 15.9 Å². The predicted molar refractivity (Wildman–Crippen MR) is 99.2 cm³/mol. The van der Waals surface area contributed by atoms with E-state index in [1.165, 1.54) is 10.5 Å². The van der Waals surface area contributed by atoms with E-state index in [0.717, 1.165) is 38.1 Å². The average molecular weight is 382 g/mol. The van der Waals surface area contributed by atoms with Gasteiger partial charge in [-0.1, -0.05) is 18.2 Å². The summed E-state index contributed by atoms with van der Waals surface area (Å²) in [6.45, 7) is 3.21. The molecule has 6 nitrogen and oxygen atoms in total. The van der Waals surface area contributed by atoms with E-state index >= 15 is 0 Å². The molecule has 136 valence electrons. The molecule has 0 spiro atoms. The van der Waals surface area contributed by atoms with Crippen LogP contribution in [0.4, 0.5) is 0 Å². The monoisotopic (exact) mass is 381 g/mol. The summed E-state index contributed by atoms with van der Waals surface area (Å²) in [5.41, 5.74) is 2.75. The van der Waals surface area contributed by atoms with Crippen molar-refractivity contribution in [1.82, 2.24) is 14.7 Å². The summed E-state index contributed by atoms with van der Waals surface area (Å²) >= 11 is 1.75. The first-order valence-electron chi connectivity index (χ1n) is 8.12. The minimum Gasteiger partial charge on any atom is -0.386 e. The Hall–Kier alpha value is -1.35. The highest BCUT2D eigenvalue weighted by atomic mass is 32.2. The van der Waals surface area contributed by atoms with Gasteiger partial charge in [-0.15, -0.1) is 11.8 Å². The predicted octanol–water partition coefficient (Wildman–Crippen LogP) is 1.70. The number of nitrogens with zero attached hydrogens (tertiary/aromatic N) is 3. The fraction of sp³-hybridized carbons (Fsp3) is 0.471. The zero-order chi connectivity index (χ0) is 18.0. The fourth-order valence-electron chi connectivity index (χ4n) is 3.09. The number of hydrogen-bond acceptors (Lipinski definition) is 6. The van der Waals surface area contributed by atoms with Crippen molar-refractivity contribution in [2.24, 2.45) is 0 Å². The van der Waals surface area contributed by atoms with E-state index in [9.17, 15) is 13.5 Å². The molecule has 3 rings (SSSR count). The molecule has 0 radical (unpaired) electrons. The summed E-state index contributed by atoms with van der Waals surface area (Å²) in [6.07, 6.45) is 2.13. The van der Waals surface area contributed by atoms with Crippen LogP contribution in [0.2, 0.25) is 0 Å². The number of sulfone groups is 1. The quantitative estimate of drug-likeness (QED) is 0.768. The molecule has 2 aromatic rings. The Morgan fingerprint density at radius 3 is 2.80 bits per heavy atom. The topological polar surface area (TPSA) is 75.4 Å². The Morgan fingerprint density at radius 1 is 1.32 bits per heavy atom. The van der Waals surface area contributed by atoms with Gasteiger partial charge in [0.25, 0.3) is 0 Å². The van der Waals surface area contributed by atoms with E-state index in [2.05, 4.69) is 40.5 Å². The lowest BCUT2D eigenvalue weighted by Gasteiger charge is -2.28. The average Bonchev–Trinajstić information content (AvgIpc) is 2.97. The number of rotatable bonds is 6. The first kappa shape index (κ1) is 18.4. The van der Waals surface area contributed by atoms with Crippen LogP contribution in [0, 0.1) is 0 Å². The molecular formula is C17H23N3O3S2. The van der Waals surface area contributed by atoms with Gasteiger partial charge in [-0.25, -0.2) is 8.42 Å². The molecule has 25 heavy (non-hydrogen) atoms. The Labute approximate surface area is 152 Å². The molecule has 0 bridgehead atoms. The molecule has 0 amide bonds. The number of aromatic nitrogens is 2. The van der Waals surface area contributed by atoms with Crippen molar-refractivity contribution in [3.63, 3.8) is 0 Å². The molecule has 1 aliphatic rings. The van der Waals surface area contributed by atoms with Gasteiger partial charge in [-0.3, -0.25) is 9.58 Å². The molecule has 1 N–H and O–H groups in total. The van der Waals surface area contributed by atoms with Gasteiger partial charge in [0.05, 0.1) is 23.7 Å². The van der Waals surface area contributed by atoms with Crippen molar-refractivity contribution in [2.45, 2.75) is 30.6 Å². The third-order valence-corrected chi connectivity index (χ3v) is 6.04. The number of fused-ring (bicyclic) bond motifs is 1. The van der Waals surface area contributed by atoms with Gasteiger partial charge in [0, 0.05) is 30.8 Å².